The highest BCUT2D eigenvalue weighted by atomic mass is 33.1. The van der Waals surface area contributed by atoms with Crippen LogP contribution in [0.15, 0.2) is 0 Å². The molecule has 0 radical (unpaired) electrons. The molecule has 0 atom stereocenters. The zero-order chi connectivity index (χ0) is 6.24. The van der Waals surface area contributed by atoms with Gasteiger partial charge in [-0.1, -0.05) is 21.6 Å². The van der Waals surface area contributed by atoms with Gasteiger partial charge in [-0.2, -0.15) is 0 Å². The minimum atomic E-state index is 0.730. The first-order chi connectivity index (χ1) is 3.91. The molecular weight excluding hydrogens is 144 g/mol. The fourth-order valence-electron chi connectivity index (χ4n) is 0.164. The van der Waals surface area contributed by atoms with Gasteiger partial charge in [0, 0.05) is 14.2 Å². The summed E-state index contributed by atoms with van der Waals surface area (Å²) in [5.41, 5.74) is 0. The second-order valence-corrected chi connectivity index (χ2v) is 3.41. The number of hydrogen-bond acceptors (Lipinski definition) is 4. The molecule has 0 bridgehead atoms. The van der Waals surface area contributed by atoms with Gasteiger partial charge in [0.25, 0.3) is 0 Å². The summed E-state index contributed by atoms with van der Waals surface area (Å²) in [5.74, 6) is 1.46. The number of methoxy groups -OCH3 is 2. The van der Waals surface area contributed by atoms with Crippen LogP contribution in [-0.2, 0) is 9.47 Å². The molecule has 0 saturated carbocycles. The van der Waals surface area contributed by atoms with Crippen molar-refractivity contribution in [3.8, 4) is 0 Å². The maximum atomic E-state index is 4.77. The van der Waals surface area contributed by atoms with E-state index in [1.807, 2.05) is 0 Å². The van der Waals surface area contributed by atoms with Gasteiger partial charge in [0.2, 0.25) is 0 Å². The van der Waals surface area contributed by atoms with E-state index >= 15 is 0 Å². The second-order valence-electron chi connectivity index (χ2n) is 1.05. The Labute approximate surface area is 57.7 Å². The first-order valence-corrected chi connectivity index (χ1v) is 4.63. The van der Waals surface area contributed by atoms with Crippen LogP contribution in [0.2, 0.25) is 0 Å². The molecule has 0 aliphatic rings. The molecule has 0 heterocycles. The van der Waals surface area contributed by atoms with Crippen LogP contribution in [-0.4, -0.2) is 26.1 Å². The zero-order valence-electron chi connectivity index (χ0n) is 5.05. The summed E-state index contributed by atoms with van der Waals surface area (Å²) in [6.07, 6.45) is 0. The van der Waals surface area contributed by atoms with Crippen LogP contribution in [0.3, 0.4) is 0 Å². The Bertz CT molecular complexity index is 37.0. The fraction of sp³-hybridized carbons (Fsp3) is 1.00. The average Bonchev–Trinajstić information content (AvgIpc) is 1.81. The van der Waals surface area contributed by atoms with Crippen molar-refractivity contribution >= 4 is 21.6 Å². The topological polar surface area (TPSA) is 18.5 Å². The van der Waals surface area contributed by atoms with Crippen molar-refractivity contribution < 1.29 is 9.47 Å². The number of hydrogen-bond donors (Lipinski definition) is 0. The Hall–Kier alpha value is 0.620. The van der Waals surface area contributed by atoms with Crippen LogP contribution in [0.5, 0.6) is 0 Å². The van der Waals surface area contributed by atoms with E-state index < -0.39 is 0 Å². The van der Waals surface area contributed by atoms with E-state index in [9.17, 15) is 0 Å². The lowest BCUT2D eigenvalue weighted by Crippen LogP contribution is -1.80. The largest absolute Gasteiger partial charge is 0.373 e. The summed E-state index contributed by atoms with van der Waals surface area (Å²) in [5, 5.41) is 0. The van der Waals surface area contributed by atoms with E-state index in [0.717, 1.165) is 11.9 Å². The molecular formula is C4H10O2S2. The Morgan fingerprint density at radius 3 is 1.62 bits per heavy atom. The van der Waals surface area contributed by atoms with Crippen molar-refractivity contribution in [1.29, 1.82) is 0 Å². The van der Waals surface area contributed by atoms with E-state index in [4.69, 9.17) is 9.47 Å². The number of rotatable bonds is 5. The van der Waals surface area contributed by atoms with Crippen LogP contribution in [0.25, 0.3) is 0 Å². The minimum Gasteiger partial charge on any atom is -0.373 e. The maximum Gasteiger partial charge on any atom is 0.102 e. The van der Waals surface area contributed by atoms with Gasteiger partial charge >= 0.3 is 0 Å². The van der Waals surface area contributed by atoms with Gasteiger partial charge in [-0.05, 0) is 0 Å². The van der Waals surface area contributed by atoms with Crippen molar-refractivity contribution in [3.63, 3.8) is 0 Å². The Morgan fingerprint density at radius 1 is 1.00 bits per heavy atom. The molecule has 0 fully saturated rings. The summed E-state index contributed by atoms with van der Waals surface area (Å²) in [4.78, 5) is 0. The highest BCUT2D eigenvalue weighted by Crippen LogP contribution is 2.19. The molecule has 0 amide bonds. The van der Waals surface area contributed by atoms with Crippen molar-refractivity contribution in [2.75, 3.05) is 26.1 Å². The van der Waals surface area contributed by atoms with Gasteiger partial charge < -0.3 is 9.47 Å². The standard InChI is InChI=1S/C4H10O2S2/c1-5-3-7-8-4-6-2/h3-4H2,1-2H3. The maximum absolute atomic E-state index is 4.77. The monoisotopic (exact) mass is 154 g/mol. The normalized spacial score (nSPS) is 9.75. The summed E-state index contributed by atoms with van der Waals surface area (Å²) >= 11 is 0. The molecule has 0 aromatic rings. The minimum absolute atomic E-state index is 0.730. The van der Waals surface area contributed by atoms with Crippen LogP contribution in [0.4, 0.5) is 0 Å². The van der Waals surface area contributed by atoms with Gasteiger partial charge in [-0.15, -0.1) is 0 Å². The molecule has 0 N–H and O–H groups in total. The van der Waals surface area contributed by atoms with Gasteiger partial charge in [-0.25, -0.2) is 0 Å². The smallest absolute Gasteiger partial charge is 0.102 e. The highest BCUT2D eigenvalue weighted by molar-refractivity contribution is 8.76. The van der Waals surface area contributed by atoms with Crippen molar-refractivity contribution in [3.05, 3.63) is 0 Å². The molecule has 0 spiro atoms. The Morgan fingerprint density at radius 2 is 1.38 bits per heavy atom. The van der Waals surface area contributed by atoms with E-state index in [2.05, 4.69) is 0 Å². The van der Waals surface area contributed by atoms with Crippen LogP contribution >= 0.6 is 21.6 Å². The molecule has 0 aromatic heterocycles. The fourth-order valence-corrected chi connectivity index (χ4v) is 1.48. The molecule has 0 aliphatic heterocycles. The third-order valence-electron chi connectivity index (χ3n) is 0.415. The molecule has 8 heavy (non-hydrogen) atoms. The summed E-state index contributed by atoms with van der Waals surface area (Å²) < 4.78 is 9.55. The lowest BCUT2D eigenvalue weighted by molar-refractivity contribution is 0.257. The lowest BCUT2D eigenvalue weighted by atomic mass is 11.5. The first-order valence-electron chi connectivity index (χ1n) is 2.14. The van der Waals surface area contributed by atoms with Crippen molar-refractivity contribution in [1.82, 2.24) is 0 Å². The third-order valence-corrected chi connectivity index (χ3v) is 2.32. The molecule has 2 nitrogen and oxygen atoms in total. The SMILES string of the molecule is COCSSCOC. The van der Waals surface area contributed by atoms with Crippen molar-refractivity contribution in [2.24, 2.45) is 0 Å². The van der Waals surface area contributed by atoms with Gasteiger partial charge in [0.05, 0.1) is 0 Å². The third kappa shape index (κ3) is 6.62. The lowest BCUT2D eigenvalue weighted by Gasteiger charge is -1.95. The van der Waals surface area contributed by atoms with E-state index in [1.165, 1.54) is 0 Å². The summed E-state index contributed by atoms with van der Waals surface area (Å²) in [6, 6.07) is 0. The second kappa shape index (κ2) is 7.62. The zero-order valence-corrected chi connectivity index (χ0v) is 6.68. The van der Waals surface area contributed by atoms with E-state index in [-0.39, 0.29) is 0 Å². The Kier molecular flexibility index (Phi) is 8.21. The molecule has 4 heteroatoms. The van der Waals surface area contributed by atoms with Crippen LogP contribution < -0.4 is 0 Å². The Balaban J connectivity index is 2.53. The first kappa shape index (κ1) is 8.62. The molecule has 0 rings (SSSR count). The van der Waals surface area contributed by atoms with Crippen LogP contribution in [0.1, 0.15) is 0 Å². The predicted molar refractivity (Wildman–Crippen MR) is 38.9 cm³/mol. The summed E-state index contributed by atoms with van der Waals surface area (Å²) in [6.45, 7) is 0. The van der Waals surface area contributed by atoms with Crippen LogP contribution in [0, 0.1) is 0 Å². The van der Waals surface area contributed by atoms with Crippen molar-refractivity contribution in [2.45, 2.75) is 0 Å². The molecule has 0 unspecified atom stereocenters. The molecule has 0 saturated heterocycles. The molecule has 0 aromatic carbocycles. The van der Waals surface area contributed by atoms with Gasteiger partial charge in [0.15, 0.2) is 0 Å². The summed E-state index contributed by atoms with van der Waals surface area (Å²) in [7, 11) is 6.66. The molecule has 0 aliphatic carbocycles. The quantitative estimate of drug-likeness (QED) is 0.340. The predicted octanol–water partition coefficient (Wildman–Crippen LogP) is 1.58. The molecule has 50 valence electrons. The van der Waals surface area contributed by atoms with Gasteiger partial charge in [0.1, 0.15) is 11.9 Å². The number of ether oxygens (including phenoxy) is 2. The van der Waals surface area contributed by atoms with Gasteiger partial charge in [-0.3, -0.25) is 0 Å². The van der Waals surface area contributed by atoms with E-state index in [1.54, 1.807) is 35.8 Å². The average molecular weight is 154 g/mol. The van der Waals surface area contributed by atoms with E-state index in [0.29, 0.717) is 0 Å². The highest BCUT2D eigenvalue weighted by Gasteiger charge is 1.83.